The Morgan fingerprint density at radius 1 is 0.177 bits per heavy atom. The zero-order valence-electron chi connectivity index (χ0n) is 49.0. The molecule has 0 nitrogen and oxygen atoms in total. The Hall–Kier alpha value is -8.58. The highest BCUT2D eigenvalue weighted by Gasteiger charge is 2.21. The van der Waals surface area contributed by atoms with Gasteiger partial charge in [-0.2, -0.15) is 0 Å². The van der Waals surface area contributed by atoms with E-state index in [4.69, 9.17) is 0 Å². The highest BCUT2D eigenvalue weighted by Crippen LogP contribution is 2.48. The first-order valence-electron chi connectivity index (χ1n) is 29.4. The number of hydrogen-bond donors (Lipinski definition) is 0. The molecule has 14 aromatic rings. The van der Waals surface area contributed by atoms with Crippen LogP contribution in [-0.2, 0) is 6.42 Å². The van der Waals surface area contributed by atoms with Crippen molar-refractivity contribution in [3.8, 4) is 22.3 Å². The molecule has 0 radical (unpaired) electrons. The lowest BCUT2D eigenvalue weighted by Gasteiger charge is -2.16. The van der Waals surface area contributed by atoms with Crippen molar-refractivity contribution in [2.24, 2.45) is 0 Å². The molecule has 0 unspecified atom stereocenters. The summed E-state index contributed by atoms with van der Waals surface area (Å²) in [5, 5.41) is 23.9. The molecule has 0 fully saturated rings. The van der Waals surface area contributed by atoms with Crippen LogP contribution in [0.3, 0.4) is 0 Å². The summed E-state index contributed by atoms with van der Waals surface area (Å²) in [4.78, 5) is 0. The summed E-state index contributed by atoms with van der Waals surface area (Å²) in [5.74, 6) is 0. The number of benzene rings is 14. The van der Waals surface area contributed by atoms with Gasteiger partial charge in [0.05, 0.1) is 0 Å². The molecule has 0 saturated carbocycles. The molecule has 396 valence electrons. The Morgan fingerprint density at radius 2 is 0.392 bits per heavy atom. The smallest absolute Gasteiger partial charge is 0.000112 e. The highest BCUT2D eigenvalue weighted by atomic mass is 14.2. The van der Waals surface area contributed by atoms with Crippen molar-refractivity contribution >= 4 is 97.0 Å². The molecule has 0 N–H and O–H groups in total. The Balaban J connectivity index is 0.000000160. The van der Waals surface area contributed by atoms with Crippen molar-refractivity contribution in [2.45, 2.75) is 89.5 Å². The third-order valence-electron chi connectivity index (χ3n) is 14.1. The van der Waals surface area contributed by atoms with Crippen LogP contribution in [0.25, 0.3) is 119 Å². The van der Waals surface area contributed by atoms with Crippen LogP contribution in [0.1, 0.15) is 94.2 Å². The van der Waals surface area contributed by atoms with E-state index < -0.39 is 0 Å². The molecule has 1 aliphatic rings. The summed E-state index contributed by atoms with van der Waals surface area (Å²) >= 11 is 0. The van der Waals surface area contributed by atoms with E-state index in [0.29, 0.717) is 0 Å². The Bertz CT molecular complexity index is 3800. The average Bonchev–Trinajstić information content (AvgIpc) is 4.13. The topological polar surface area (TPSA) is 0 Å². The molecule has 0 amide bonds. The van der Waals surface area contributed by atoms with Crippen LogP contribution in [0.5, 0.6) is 0 Å². The molecule has 0 spiro atoms. The monoisotopic (exact) mass is 1030 g/mol. The van der Waals surface area contributed by atoms with Gasteiger partial charge in [0.25, 0.3) is 0 Å². The highest BCUT2D eigenvalue weighted by molar-refractivity contribution is 6.17. The predicted octanol–water partition coefficient (Wildman–Crippen LogP) is 24.8. The Kier molecular flexibility index (Phi) is 21.1. The molecule has 0 heteroatoms. The van der Waals surface area contributed by atoms with Gasteiger partial charge < -0.3 is 0 Å². The van der Waals surface area contributed by atoms with Gasteiger partial charge in [-0.15, -0.1) is 0 Å². The number of rotatable bonds is 2. The fraction of sp³-hybridized carbons (Fsp3) is 0.165. The van der Waals surface area contributed by atoms with Crippen LogP contribution >= 0.6 is 0 Å². The molecule has 79 heavy (non-hydrogen) atoms. The quantitative estimate of drug-likeness (QED) is 0.151. The summed E-state index contributed by atoms with van der Waals surface area (Å²) in [7, 11) is 0. The van der Waals surface area contributed by atoms with Gasteiger partial charge in [-0.3, -0.25) is 0 Å². The minimum Gasteiger partial charge on any atom is -0.0683 e. The van der Waals surface area contributed by atoms with Crippen molar-refractivity contribution in [1.29, 1.82) is 0 Å². The second-order valence-corrected chi connectivity index (χ2v) is 18.0. The second kappa shape index (κ2) is 28.7. The first-order chi connectivity index (χ1) is 39.2. The normalized spacial score (nSPS) is 10.3. The van der Waals surface area contributed by atoms with E-state index in [1.807, 2.05) is 83.1 Å². The molecule has 0 bridgehead atoms. The van der Waals surface area contributed by atoms with E-state index in [1.54, 1.807) is 0 Å². The van der Waals surface area contributed by atoms with E-state index in [2.05, 4.69) is 255 Å². The maximum Gasteiger partial charge on any atom is -0.000112 e. The molecule has 15 rings (SSSR count). The number of hydrogen-bond acceptors (Lipinski definition) is 0. The van der Waals surface area contributed by atoms with Crippen LogP contribution in [0.2, 0.25) is 0 Å². The molecule has 1 aliphatic carbocycles. The van der Waals surface area contributed by atoms with Crippen LogP contribution in [0.15, 0.2) is 255 Å². The van der Waals surface area contributed by atoms with Crippen molar-refractivity contribution in [3.63, 3.8) is 0 Å². The van der Waals surface area contributed by atoms with Gasteiger partial charge in [0.2, 0.25) is 0 Å². The third kappa shape index (κ3) is 12.3. The van der Waals surface area contributed by atoms with Gasteiger partial charge in [0.15, 0.2) is 0 Å². The first-order valence-corrected chi connectivity index (χ1v) is 29.4. The summed E-state index contributed by atoms with van der Waals surface area (Å²) < 4.78 is 0. The molecular weight excluding hydrogens is 949 g/mol. The lowest BCUT2D eigenvalue weighted by Crippen LogP contribution is -1.95. The summed E-state index contributed by atoms with van der Waals surface area (Å²) in [5.41, 5.74) is 8.32. The maximum absolute atomic E-state index is 2.33. The van der Waals surface area contributed by atoms with E-state index >= 15 is 0 Å². The fourth-order valence-electron chi connectivity index (χ4n) is 10.9. The number of fused-ring (bicyclic) bond motifs is 11. The summed E-state index contributed by atoms with van der Waals surface area (Å²) in [6.07, 6.45) is 0.920. The first kappa shape index (κ1) is 58.1. The largest absolute Gasteiger partial charge is 0.0683 e. The zero-order chi connectivity index (χ0) is 56.3. The van der Waals surface area contributed by atoms with Gasteiger partial charge in [0, 0.05) is 0 Å². The van der Waals surface area contributed by atoms with E-state index in [1.165, 1.54) is 130 Å². The molecule has 14 aromatic carbocycles. The molecule has 0 aromatic heterocycles. The van der Waals surface area contributed by atoms with Crippen molar-refractivity contribution in [1.82, 2.24) is 0 Å². The van der Waals surface area contributed by atoms with Crippen LogP contribution in [0.4, 0.5) is 0 Å². The van der Waals surface area contributed by atoms with Crippen LogP contribution < -0.4 is 0 Å². The Morgan fingerprint density at radius 3 is 0.671 bits per heavy atom. The van der Waals surface area contributed by atoms with Crippen molar-refractivity contribution < 1.29 is 0 Å². The van der Waals surface area contributed by atoms with E-state index in [9.17, 15) is 0 Å². The fourth-order valence-corrected chi connectivity index (χ4v) is 10.9. The second-order valence-electron chi connectivity index (χ2n) is 18.0. The van der Waals surface area contributed by atoms with Gasteiger partial charge in [-0.05, 0) is 185 Å². The van der Waals surface area contributed by atoms with Gasteiger partial charge in [0.1, 0.15) is 0 Å². The summed E-state index contributed by atoms with van der Waals surface area (Å²) in [6.45, 7) is 24.0. The van der Waals surface area contributed by atoms with Gasteiger partial charge >= 0.3 is 0 Å². The molecule has 0 aliphatic heterocycles. The van der Waals surface area contributed by atoms with E-state index in [-0.39, 0.29) is 0 Å². The van der Waals surface area contributed by atoms with Crippen molar-refractivity contribution in [3.05, 3.63) is 266 Å². The standard InChI is InChI=1S/C29H20.C20H12.C18H12.6C2H6/c1-5-13-24-20(9-1)17-21-10-2-6-14-25(21)28(24)19-29-26-15-7-3-11-22(26)18-23-12-4-8-16-27(23)29;1-2-6-15-12-19-17-10-4-8-13-7-3-9-16(20(13)17)18(19)11-14(15)5-1;1-2-6-14-10-18-12-16-8-4-3-7-15(16)11-17(18)9-13(14)5-1;6*1-2/h1-18H,19H2;1-12H;1-12H;6*1-2H3. The van der Waals surface area contributed by atoms with Gasteiger partial charge in [-0.25, -0.2) is 0 Å². The molecule has 0 heterocycles. The minimum atomic E-state index is 0.920. The third-order valence-corrected chi connectivity index (χ3v) is 14.1. The predicted molar refractivity (Wildman–Crippen MR) is 359 cm³/mol. The molecular formula is C79H80. The molecule has 0 saturated heterocycles. The lowest BCUT2D eigenvalue weighted by atomic mass is 9.88. The maximum atomic E-state index is 2.33. The van der Waals surface area contributed by atoms with Crippen molar-refractivity contribution in [2.75, 3.05) is 0 Å². The van der Waals surface area contributed by atoms with Crippen LogP contribution in [0, 0.1) is 0 Å². The van der Waals surface area contributed by atoms with Crippen LogP contribution in [-0.4, -0.2) is 0 Å². The summed E-state index contributed by atoms with van der Waals surface area (Å²) in [6, 6.07) is 92.4. The average molecular weight is 1030 g/mol. The zero-order valence-corrected chi connectivity index (χ0v) is 49.0. The van der Waals surface area contributed by atoms with Gasteiger partial charge in [-0.1, -0.05) is 289 Å². The Labute approximate surface area is 472 Å². The SMILES string of the molecule is CC.CC.CC.CC.CC.CC.c1ccc2c(Cc3c4ccccc4cc4ccccc34)c3ccccc3cc2c1.c1ccc2cc3c(cc2c1)-c1cccc2cccc-3c12.c1ccc2cc3cc4ccccc4cc3cc2c1. The van der Waals surface area contributed by atoms with E-state index in [0.717, 1.165) is 6.42 Å². The molecule has 0 atom stereocenters. The lowest BCUT2D eigenvalue weighted by molar-refractivity contribution is 1.28. The minimum absolute atomic E-state index is 0.920.